The molecule has 2 unspecified atom stereocenters. The zero-order valence-corrected chi connectivity index (χ0v) is 12.1. The van der Waals surface area contributed by atoms with Crippen LogP contribution in [0.2, 0.25) is 0 Å². The molecule has 1 amide bonds. The highest BCUT2D eigenvalue weighted by Gasteiger charge is 2.11. The van der Waals surface area contributed by atoms with Crippen LogP contribution in [0, 0.1) is 0 Å². The zero-order chi connectivity index (χ0) is 11.7. The van der Waals surface area contributed by atoms with Crippen LogP contribution in [-0.4, -0.2) is 29.5 Å². The fraction of sp³-hybridized carbons (Fsp3) is 0.909. The summed E-state index contributed by atoms with van der Waals surface area (Å²) in [6.45, 7) is 6.76. The molecule has 0 aliphatic carbocycles. The van der Waals surface area contributed by atoms with Crippen molar-refractivity contribution in [1.29, 1.82) is 0 Å². The molecule has 0 aromatic rings. The SMILES string of the molecule is CCCCSC(C)C(=O)NCCC(C)N.Cl. The predicted octanol–water partition coefficient (Wildman–Crippen LogP) is 2.18. The van der Waals surface area contributed by atoms with Crippen molar-refractivity contribution in [2.75, 3.05) is 12.3 Å². The van der Waals surface area contributed by atoms with E-state index in [1.807, 2.05) is 13.8 Å². The predicted molar refractivity (Wildman–Crippen MR) is 75.4 cm³/mol. The number of nitrogens with one attached hydrogen (secondary N) is 1. The summed E-state index contributed by atoms with van der Waals surface area (Å²) >= 11 is 1.72. The van der Waals surface area contributed by atoms with Gasteiger partial charge in [0.15, 0.2) is 0 Å². The monoisotopic (exact) mass is 268 g/mol. The Balaban J connectivity index is 0. The van der Waals surface area contributed by atoms with Gasteiger partial charge in [0, 0.05) is 12.6 Å². The first-order valence-electron chi connectivity index (χ1n) is 5.72. The van der Waals surface area contributed by atoms with E-state index >= 15 is 0 Å². The molecule has 0 aromatic heterocycles. The van der Waals surface area contributed by atoms with E-state index < -0.39 is 0 Å². The standard InChI is InChI=1S/C11H24N2OS.ClH/c1-4-5-8-15-10(3)11(14)13-7-6-9(2)12;/h9-10H,4-8,12H2,1-3H3,(H,13,14);1H. The van der Waals surface area contributed by atoms with E-state index in [4.69, 9.17) is 5.73 Å². The first-order chi connectivity index (χ1) is 7.07. The van der Waals surface area contributed by atoms with Gasteiger partial charge in [0.1, 0.15) is 0 Å². The average molecular weight is 269 g/mol. The van der Waals surface area contributed by atoms with Crippen molar-refractivity contribution in [3.63, 3.8) is 0 Å². The Hall–Kier alpha value is 0.0700. The van der Waals surface area contributed by atoms with E-state index in [1.54, 1.807) is 11.8 Å². The van der Waals surface area contributed by atoms with Crippen molar-refractivity contribution in [2.45, 2.75) is 51.3 Å². The van der Waals surface area contributed by atoms with Gasteiger partial charge in [-0.05, 0) is 32.4 Å². The fourth-order valence-corrected chi connectivity index (χ4v) is 2.09. The lowest BCUT2D eigenvalue weighted by atomic mass is 10.2. The van der Waals surface area contributed by atoms with Crippen LogP contribution < -0.4 is 11.1 Å². The molecular weight excluding hydrogens is 244 g/mol. The van der Waals surface area contributed by atoms with Gasteiger partial charge in [0.05, 0.1) is 5.25 Å². The normalized spacial score (nSPS) is 13.8. The maximum absolute atomic E-state index is 11.5. The summed E-state index contributed by atoms with van der Waals surface area (Å²) < 4.78 is 0. The summed E-state index contributed by atoms with van der Waals surface area (Å²) in [4.78, 5) is 11.5. The van der Waals surface area contributed by atoms with Crippen molar-refractivity contribution in [1.82, 2.24) is 5.32 Å². The van der Waals surface area contributed by atoms with E-state index in [-0.39, 0.29) is 29.6 Å². The summed E-state index contributed by atoms with van der Waals surface area (Å²) in [6.07, 6.45) is 3.21. The molecule has 0 bridgehead atoms. The lowest BCUT2D eigenvalue weighted by Gasteiger charge is -2.12. The lowest BCUT2D eigenvalue weighted by Crippen LogP contribution is -2.34. The van der Waals surface area contributed by atoms with E-state index in [9.17, 15) is 4.79 Å². The van der Waals surface area contributed by atoms with E-state index in [0.717, 1.165) is 12.2 Å². The van der Waals surface area contributed by atoms with Gasteiger partial charge in [0.25, 0.3) is 0 Å². The molecule has 98 valence electrons. The Morgan fingerprint density at radius 3 is 2.56 bits per heavy atom. The Labute approximate surface area is 110 Å². The van der Waals surface area contributed by atoms with Gasteiger partial charge in [-0.2, -0.15) is 0 Å². The van der Waals surface area contributed by atoms with Gasteiger partial charge < -0.3 is 11.1 Å². The van der Waals surface area contributed by atoms with Crippen LogP contribution in [0.15, 0.2) is 0 Å². The van der Waals surface area contributed by atoms with Crippen molar-refractivity contribution >= 4 is 30.1 Å². The smallest absolute Gasteiger partial charge is 0.232 e. The first-order valence-corrected chi connectivity index (χ1v) is 6.77. The topological polar surface area (TPSA) is 55.1 Å². The molecule has 5 heteroatoms. The molecule has 0 rings (SSSR count). The number of carbonyl (C=O) groups is 1. The third-order valence-corrected chi connectivity index (χ3v) is 3.37. The molecule has 0 aliphatic heterocycles. The molecule has 0 aliphatic rings. The molecule has 0 heterocycles. The molecule has 3 nitrogen and oxygen atoms in total. The highest BCUT2D eigenvalue weighted by molar-refractivity contribution is 8.00. The lowest BCUT2D eigenvalue weighted by molar-refractivity contribution is -0.120. The van der Waals surface area contributed by atoms with Gasteiger partial charge in [0.2, 0.25) is 5.91 Å². The van der Waals surface area contributed by atoms with Gasteiger partial charge in [-0.25, -0.2) is 0 Å². The largest absolute Gasteiger partial charge is 0.355 e. The number of hydrogen-bond acceptors (Lipinski definition) is 3. The molecule has 0 saturated heterocycles. The molecule has 0 spiro atoms. The minimum absolute atomic E-state index is 0. The van der Waals surface area contributed by atoms with Gasteiger partial charge in [-0.15, -0.1) is 24.2 Å². The number of carbonyl (C=O) groups excluding carboxylic acids is 1. The molecule has 16 heavy (non-hydrogen) atoms. The minimum Gasteiger partial charge on any atom is -0.355 e. The van der Waals surface area contributed by atoms with E-state index in [0.29, 0.717) is 6.54 Å². The Kier molecular flexibility index (Phi) is 13.3. The summed E-state index contributed by atoms with van der Waals surface area (Å²) in [5.41, 5.74) is 5.60. The summed E-state index contributed by atoms with van der Waals surface area (Å²) in [5, 5.41) is 2.96. The maximum Gasteiger partial charge on any atom is 0.232 e. The Bertz CT molecular complexity index is 179. The molecule has 3 N–H and O–H groups in total. The minimum atomic E-state index is 0. The van der Waals surface area contributed by atoms with Crippen LogP contribution in [-0.2, 0) is 4.79 Å². The molecule has 0 radical (unpaired) electrons. The number of nitrogens with two attached hydrogens (primary N) is 1. The molecule has 0 fully saturated rings. The molecular formula is C11H25ClN2OS. The second-order valence-corrected chi connectivity index (χ2v) is 5.37. The van der Waals surface area contributed by atoms with E-state index in [1.165, 1.54) is 12.8 Å². The number of halogens is 1. The second-order valence-electron chi connectivity index (χ2n) is 3.92. The summed E-state index contributed by atoms with van der Waals surface area (Å²) in [7, 11) is 0. The maximum atomic E-state index is 11.5. The number of hydrogen-bond donors (Lipinski definition) is 2. The summed E-state index contributed by atoms with van der Waals surface area (Å²) in [6, 6.07) is 0.161. The quantitative estimate of drug-likeness (QED) is 0.664. The number of amides is 1. The Morgan fingerprint density at radius 2 is 2.06 bits per heavy atom. The van der Waals surface area contributed by atoms with Crippen LogP contribution in [0.3, 0.4) is 0 Å². The third-order valence-electron chi connectivity index (χ3n) is 2.13. The summed E-state index contributed by atoms with van der Waals surface area (Å²) in [5.74, 6) is 1.20. The van der Waals surface area contributed by atoms with Crippen LogP contribution in [0.5, 0.6) is 0 Å². The van der Waals surface area contributed by atoms with Crippen molar-refractivity contribution in [2.24, 2.45) is 5.73 Å². The molecule has 0 aromatic carbocycles. The van der Waals surface area contributed by atoms with Crippen LogP contribution in [0.25, 0.3) is 0 Å². The zero-order valence-electron chi connectivity index (χ0n) is 10.5. The van der Waals surface area contributed by atoms with E-state index in [2.05, 4.69) is 12.2 Å². The molecule has 0 saturated carbocycles. The van der Waals surface area contributed by atoms with Crippen LogP contribution in [0.1, 0.15) is 40.0 Å². The highest BCUT2D eigenvalue weighted by Crippen LogP contribution is 2.12. The Morgan fingerprint density at radius 1 is 1.44 bits per heavy atom. The molecule has 2 atom stereocenters. The van der Waals surface area contributed by atoms with Gasteiger partial charge in [-0.3, -0.25) is 4.79 Å². The second kappa shape index (κ2) is 11.6. The first kappa shape index (κ1) is 18.4. The van der Waals surface area contributed by atoms with Crippen LogP contribution >= 0.6 is 24.2 Å². The van der Waals surface area contributed by atoms with Crippen molar-refractivity contribution in [3.8, 4) is 0 Å². The van der Waals surface area contributed by atoms with Gasteiger partial charge in [-0.1, -0.05) is 13.3 Å². The number of rotatable bonds is 8. The highest BCUT2D eigenvalue weighted by atomic mass is 35.5. The average Bonchev–Trinajstić information content (AvgIpc) is 2.17. The number of thioether (sulfide) groups is 1. The van der Waals surface area contributed by atoms with Crippen molar-refractivity contribution in [3.05, 3.63) is 0 Å². The fourth-order valence-electron chi connectivity index (χ4n) is 1.05. The van der Waals surface area contributed by atoms with Crippen LogP contribution in [0.4, 0.5) is 0 Å². The third kappa shape index (κ3) is 10.6. The number of unbranched alkanes of at least 4 members (excludes halogenated alkanes) is 1. The van der Waals surface area contributed by atoms with Crippen molar-refractivity contribution < 1.29 is 4.79 Å². The van der Waals surface area contributed by atoms with Gasteiger partial charge >= 0.3 is 0 Å².